The van der Waals surface area contributed by atoms with Gasteiger partial charge in [-0.3, -0.25) is 0 Å². The zero-order valence-corrected chi connectivity index (χ0v) is 9.90. The van der Waals surface area contributed by atoms with Crippen molar-refractivity contribution in [1.29, 1.82) is 5.26 Å². The van der Waals surface area contributed by atoms with Gasteiger partial charge in [-0.1, -0.05) is 23.2 Å². The number of methoxy groups -OCH3 is 1. The molecule has 0 spiro atoms. The van der Waals surface area contributed by atoms with Crippen LogP contribution in [-0.2, 0) is 6.42 Å². The molecule has 0 saturated heterocycles. The summed E-state index contributed by atoms with van der Waals surface area (Å²) >= 11 is 12.0. The van der Waals surface area contributed by atoms with Gasteiger partial charge in [0.1, 0.15) is 5.75 Å². The first-order valence-corrected chi connectivity index (χ1v) is 5.33. The van der Waals surface area contributed by atoms with Gasteiger partial charge in [-0.25, -0.2) is 0 Å². The number of benzene rings is 1. The van der Waals surface area contributed by atoms with Crippen LogP contribution in [0.1, 0.15) is 18.4 Å². The first kappa shape index (κ1) is 12.2. The molecular formula is C11H11Cl2NO. The van der Waals surface area contributed by atoms with E-state index in [2.05, 4.69) is 6.07 Å². The maximum Gasteiger partial charge on any atom is 0.138 e. The summed E-state index contributed by atoms with van der Waals surface area (Å²) in [6.45, 7) is 0. The van der Waals surface area contributed by atoms with Crippen molar-refractivity contribution in [2.45, 2.75) is 19.3 Å². The van der Waals surface area contributed by atoms with Gasteiger partial charge in [0.2, 0.25) is 0 Å². The van der Waals surface area contributed by atoms with E-state index in [0.717, 1.165) is 18.4 Å². The lowest BCUT2D eigenvalue weighted by atomic mass is 10.1. The number of hydrogen-bond donors (Lipinski definition) is 0. The van der Waals surface area contributed by atoms with Crippen molar-refractivity contribution in [3.63, 3.8) is 0 Å². The fourth-order valence-electron chi connectivity index (χ4n) is 1.28. The largest absolute Gasteiger partial charge is 0.495 e. The minimum atomic E-state index is 0.528. The molecule has 0 N–H and O–H groups in total. The fourth-order valence-corrected chi connectivity index (χ4v) is 1.79. The highest BCUT2D eigenvalue weighted by molar-refractivity contribution is 6.34. The minimum absolute atomic E-state index is 0.528. The monoisotopic (exact) mass is 243 g/mol. The van der Waals surface area contributed by atoms with E-state index in [1.165, 1.54) is 0 Å². The second-order valence-electron chi connectivity index (χ2n) is 3.09. The Morgan fingerprint density at radius 1 is 1.33 bits per heavy atom. The molecule has 0 aliphatic heterocycles. The van der Waals surface area contributed by atoms with Crippen LogP contribution in [0.2, 0.25) is 10.0 Å². The van der Waals surface area contributed by atoms with Crippen LogP contribution in [0.4, 0.5) is 0 Å². The minimum Gasteiger partial charge on any atom is -0.495 e. The van der Waals surface area contributed by atoms with Crippen LogP contribution in [0.5, 0.6) is 5.75 Å². The molecule has 0 radical (unpaired) electrons. The lowest BCUT2D eigenvalue weighted by Gasteiger charge is -2.07. The van der Waals surface area contributed by atoms with Crippen molar-refractivity contribution >= 4 is 23.2 Å². The van der Waals surface area contributed by atoms with Gasteiger partial charge in [0.25, 0.3) is 0 Å². The van der Waals surface area contributed by atoms with Crippen molar-refractivity contribution in [3.05, 3.63) is 27.7 Å². The van der Waals surface area contributed by atoms with Crippen LogP contribution in [0.25, 0.3) is 0 Å². The Morgan fingerprint density at radius 2 is 2.07 bits per heavy atom. The number of ether oxygens (including phenoxy) is 1. The molecule has 0 heterocycles. The molecule has 15 heavy (non-hydrogen) atoms. The Labute approximate surface area is 99.4 Å². The zero-order valence-electron chi connectivity index (χ0n) is 8.39. The summed E-state index contributed by atoms with van der Waals surface area (Å²) in [6.07, 6.45) is 2.08. The average Bonchev–Trinajstić information content (AvgIpc) is 2.23. The van der Waals surface area contributed by atoms with Gasteiger partial charge in [-0.15, -0.1) is 0 Å². The first-order valence-electron chi connectivity index (χ1n) is 4.58. The molecular weight excluding hydrogens is 233 g/mol. The van der Waals surface area contributed by atoms with Crippen molar-refractivity contribution in [2.24, 2.45) is 0 Å². The van der Waals surface area contributed by atoms with Crippen LogP contribution < -0.4 is 4.74 Å². The van der Waals surface area contributed by atoms with E-state index < -0.39 is 0 Å². The second kappa shape index (κ2) is 5.85. The number of hydrogen-bond acceptors (Lipinski definition) is 2. The predicted molar refractivity (Wildman–Crippen MR) is 61.6 cm³/mol. The summed E-state index contributed by atoms with van der Waals surface area (Å²) in [4.78, 5) is 0. The van der Waals surface area contributed by atoms with Gasteiger partial charge in [0.15, 0.2) is 0 Å². The van der Waals surface area contributed by atoms with Gasteiger partial charge < -0.3 is 4.74 Å². The molecule has 0 amide bonds. The van der Waals surface area contributed by atoms with Gasteiger partial charge in [0, 0.05) is 17.5 Å². The molecule has 1 rings (SSSR count). The standard InChI is InChI=1S/C11H11Cl2NO/c1-15-11-7-9(12)8(6-10(11)13)4-2-3-5-14/h6-7H,2-4H2,1H3. The van der Waals surface area contributed by atoms with Gasteiger partial charge in [-0.05, 0) is 24.5 Å². The maximum atomic E-state index is 8.42. The lowest BCUT2D eigenvalue weighted by molar-refractivity contribution is 0.415. The summed E-state index contributed by atoms with van der Waals surface area (Å²) in [7, 11) is 1.55. The summed E-state index contributed by atoms with van der Waals surface area (Å²) in [6, 6.07) is 5.59. The SMILES string of the molecule is COc1cc(Cl)c(CCCC#N)cc1Cl. The number of aryl methyl sites for hydroxylation is 1. The molecule has 4 heteroatoms. The Balaban J connectivity index is 2.81. The maximum absolute atomic E-state index is 8.42. The highest BCUT2D eigenvalue weighted by Gasteiger charge is 2.07. The molecule has 80 valence electrons. The van der Waals surface area contributed by atoms with Crippen molar-refractivity contribution in [1.82, 2.24) is 0 Å². The second-order valence-corrected chi connectivity index (χ2v) is 3.90. The highest BCUT2D eigenvalue weighted by Crippen LogP contribution is 2.31. The third-order valence-corrected chi connectivity index (χ3v) is 2.70. The van der Waals surface area contributed by atoms with Crippen molar-refractivity contribution in [2.75, 3.05) is 7.11 Å². The number of nitrogens with zero attached hydrogens (tertiary/aromatic N) is 1. The molecule has 0 fully saturated rings. The Morgan fingerprint density at radius 3 is 2.67 bits per heavy atom. The molecule has 0 atom stereocenters. The fraction of sp³-hybridized carbons (Fsp3) is 0.364. The zero-order chi connectivity index (χ0) is 11.3. The predicted octanol–water partition coefficient (Wildman–Crippen LogP) is 3.85. The summed E-state index contributed by atoms with van der Waals surface area (Å²) in [5.74, 6) is 0.575. The van der Waals surface area contributed by atoms with Crippen LogP contribution in [-0.4, -0.2) is 7.11 Å². The average molecular weight is 244 g/mol. The normalized spacial score (nSPS) is 9.73. The molecule has 0 aromatic heterocycles. The molecule has 0 bridgehead atoms. The van der Waals surface area contributed by atoms with Crippen molar-refractivity contribution < 1.29 is 4.74 Å². The Bertz CT molecular complexity index is 385. The summed E-state index contributed by atoms with van der Waals surface area (Å²) in [5, 5.41) is 9.60. The molecule has 1 aromatic rings. The Hall–Kier alpha value is -0.910. The molecule has 0 aliphatic carbocycles. The third kappa shape index (κ3) is 3.30. The number of halogens is 2. The van der Waals surface area contributed by atoms with E-state index in [0.29, 0.717) is 22.2 Å². The molecule has 0 saturated carbocycles. The smallest absolute Gasteiger partial charge is 0.138 e. The quantitative estimate of drug-likeness (QED) is 0.753. The molecule has 2 nitrogen and oxygen atoms in total. The molecule has 0 unspecified atom stereocenters. The third-order valence-electron chi connectivity index (χ3n) is 2.06. The van der Waals surface area contributed by atoms with E-state index in [1.54, 1.807) is 19.2 Å². The number of unbranched alkanes of at least 4 members (excludes halogenated alkanes) is 1. The van der Waals surface area contributed by atoms with Crippen LogP contribution in [0.15, 0.2) is 12.1 Å². The van der Waals surface area contributed by atoms with E-state index in [9.17, 15) is 0 Å². The van der Waals surface area contributed by atoms with Gasteiger partial charge in [-0.2, -0.15) is 5.26 Å². The van der Waals surface area contributed by atoms with Gasteiger partial charge >= 0.3 is 0 Å². The number of rotatable bonds is 4. The van der Waals surface area contributed by atoms with Crippen molar-refractivity contribution in [3.8, 4) is 11.8 Å². The summed E-state index contributed by atoms with van der Waals surface area (Å²) in [5.41, 5.74) is 0.956. The van der Waals surface area contributed by atoms with E-state index in [-0.39, 0.29) is 0 Å². The first-order chi connectivity index (χ1) is 7.19. The number of nitriles is 1. The molecule has 0 aliphatic rings. The highest BCUT2D eigenvalue weighted by atomic mass is 35.5. The Kier molecular flexibility index (Phi) is 4.74. The van der Waals surface area contributed by atoms with Gasteiger partial charge in [0.05, 0.1) is 18.2 Å². The molecule has 1 aromatic carbocycles. The van der Waals surface area contributed by atoms with E-state index >= 15 is 0 Å². The van der Waals surface area contributed by atoms with Crippen LogP contribution in [0.3, 0.4) is 0 Å². The van der Waals surface area contributed by atoms with Crippen LogP contribution in [0, 0.1) is 11.3 Å². The summed E-state index contributed by atoms with van der Waals surface area (Å²) < 4.78 is 5.04. The lowest BCUT2D eigenvalue weighted by Crippen LogP contribution is -1.90. The topological polar surface area (TPSA) is 33.0 Å². The van der Waals surface area contributed by atoms with E-state index in [1.807, 2.05) is 0 Å². The van der Waals surface area contributed by atoms with Crippen LogP contribution >= 0.6 is 23.2 Å². The van der Waals surface area contributed by atoms with E-state index in [4.69, 9.17) is 33.2 Å².